The predicted octanol–water partition coefficient (Wildman–Crippen LogP) is 3.00. The number of amides is 1. The third-order valence-electron chi connectivity index (χ3n) is 4.66. The highest BCUT2D eigenvalue weighted by Crippen LogP contribution is 2.26. The summed E-state index contributed by atoms with van der Waals surface area (Å²) in [6.45, 7) is 1.85. The number of carbonyl (C=O) groups excluding carboxylic acids is 1. The van der Waals surface area contributed by atoms with Crippen LogP contribution in [0.25, 0.3) is 0 Å². The van der Waals surface area contributed by atoms with Crippen LogP contribution >= 0.6 is 11.8 Å². The van der Waals surface area contributed by atoms with Crippen molar-refractivity contribution in [3.63, 3.8) is 0 Å². The van der Waals surface area contributed by atoms with Gasteiger partial charge in [0.2, 0.25) is 5.91 Å². The van der Waals surface area contributed by atoms with Crippen molar-refractivity contribution in [2.24, 2.45) is 7.05 Å². The lowest BCUT2D eigenvalue weighted by atomic mass is 10.2. The number of carboxylic acids is 1. The number of hydrogen-bond donors (Lipinski definition) is 2. The molecule has 3 aromatic rings. The molecule has 3 rings (SSSR count). The van der Waals surface area contributed by atoms with Crippen LogP contribution in [0.5, 0.6) is 0 Å². The van der Waals surface area contributed by atoms with Crippen molar-refractivity contribution in [2.45, 2.75) is 34.4 Å². The van der Waals surface area contributed by atoms with Gasteiger partial charge in [-0.2, -0.15) is 0 Å². The van der Waals surface area contributed by atoms with E-state index < -0.39 is 21.1 Å². The van der Waals surface area contributed by atoms with Gasteiger partial charge < -0.3 is 15.0 Å². The number of nitrogens with zero attached hydrogens (tertiary/aromatic N) is 3. The van der Waals surface area contributed by atoms with E-state index in [0.29, 0.717) is 17.3 Å². The van der Waals surface area contributed by atoms with Gasteiger partial charge in [-0.1, -0.05) is 36.9 Å². The highest BCUT2D eigenvalue weighted by molar-refractivity contribution is 8.00. The molecule has 0 aliphatic heterocycles. The van der Waals surface area contributed by atoms with Crippen molar-refractivity contribution in [2.75, 3.05) is 5.32 Å². The minimum atomic E-state index is -3.58. The minimum absolute atomic E-state index is 0.126. The Morgan fingerprint density at radius 3 is 2.34 bits per heavy atom. The zero-order chi connectivity index (χ0) is 23.3. The summed E-state index contributed by atoms with van der Waals surface area (Å²) in [6, 6.07) is 14.0. The van der Waals surface area contributed by atoms with Crippen LogP contribution in [0.1, 0.15) is 29.5 Å². The lowest BCUT2D eigenvalue weighted by Gasteiger charge is -2.14. The SMILES string of the molecule is CCC(Sc1nnc(CS(=O)(=O)c2ccccc2)n1C)C(=O)Nc1ccc(C(=O)O)cc1. The molecule has 168 valence electrons. The van der Waals surface area contributed by atoms with Crippen LogP contribution in [0.4, 0.5) is 5.69 Å². The molecule has 0 spiro atoms. The summed E-state index contributed by atoms with van der Waals surface area (Å²) < 4.78 is 26.8. The first kappa shape index (κ1) is 23.5. The fraction of sp³-hybridized carbons (Fsp3) is 0.238. The standard InChI is InChI=1S/C21H22N4O5S2/c1-3-17(19(26)22-15-11-9-14(10-12-15)20(27)28)31-21-24-23-18(25(21)2)13-32(29,30)16-7-5-4-6-8-16/h4-12,17H,3,13H2,1-2H3,(H,22,26)(H,27,28). The maximum Gasteiger partial charge on any atom is 0.335 e. The minimum Gasteiger partial charge on any atom is -0.478 e. The van der Waals surface area contributed by atoms with Gasteiger partial charge in [0.1, 0.15) is 11.6 Å². The van der Waals surface area contributed by atoms with Crippen molar-refractivity contribution >= 4 is 39.2 Å². The number of nitrogens with one attached hydrogen (secondary N) is 1. The Morgan fingerprint density at radius 1 is 1.09 bits per heavy atom. The van der Waals surface area contributed by atoms with Gasteiger partial charge in [-0.3, -0.25) is 4.79 Å². The summed E-state index contributed by atoms with van der Waals surface area (Å²) in [5.74, 6) is -1.35. The molecular formula is C21H22N4O5S2. The molecule has 0 aliphatic rings. The van der Waals surface area contributed by atoms with Crippen molar-refractivity contribution in [1.82, 2.24) is 14.8 Å². The van der Waals surface area contributed by atoms with Gasteiger partial charge >= 0.3 is 5.97 Å². The van der Waals surface area contributed by atoms with Crippen LogP contribution in [0.15, 0.2) is 64.6 Å². The topological polar surface area (TPSA) is 131 Å². The molecule has 2 aromatic carbocycles. The van der Waals surface area contributed by atoms with Crippen molar-refractivity contribution < 1.29 is 23.1 Å². The highest BCUT2D eigenvalue weighted by atomic mass is 32.2. The molecule has 0 saturated carbocycles. The van der Waals surface area contributed by atoms with Gasteiger partial charge in [-0.25, -0.2) is 13.2 Å². The quantitative estimate of drug-likeness (QED) is 0.453. The van der Waals surface area contributed by atoms with Crippen molar-refractivity contribution in [3.8, 4) is 0 Å². The summed E-state index contributed by atoms with van der Waals surface area (Å²) >= 11 is 1.18. The molecule has 2 N–H and O–H groups in total. The number of sulfone groups is 1. The second-order valence-electron chi connectivity index (χ2n) is 6.92. The van der Waals surface area contributed by atoms with E-state index in [1.807, 2.05) is 6.92 Å². The maximum absolute atomic E-state index is 12.7. The molecule has 32 heavy (non-hydrogen) atoms. The number of anilines is 1. The second kappa shape index (κ2) is 9.96. The summed E-state index contributed by atoms with van der Waals surface area (Å²) in [6.07, 6.45) is 0.494. The zero-order valence-electron chi connectivity index (χ0n) is 17.4. The molecule has 1 amide bonds. The Kier molecular flexibility index (Phi) is 7.31. The molecule has 1 atom stereocenters. The summed E-state index contributed by atoms with van der Waals surface area (Å²) in [7, 11) is -1.92. The molecule has 0 saturated heterocycles. The Balaban J connectivity index is 1.69. The third kappa shape index (κ3) is 5.54. The third-order valence-corrected chi connectivity index (χ3v) is 7.68. The largest absolute Gasteiger partial charge is 0.478 e. The van der Waals surface area contributed by atoms with Crippen LogP contribution in [0.3, 0.4) is 0 Å². The predicted molar refractivity (Wildman–Crippen MR) is 120 cm³/mol. The Labute approximate surface area is 189 Å². The highest BCUT2D eigenvalue weighted by Gasteiger charge is 2.24. The van der Waals surface area contributed by atoms with Crippen LogP contribution in [0.2, 0.25) is 0 Å². The number of aromatic carboxylic acids is 1. The molecule has 0 bridgehead atoms. The summed E-state index contributed by atoms with van der Waals surface area (Å²) in [4.78, 5) is 23.9. The first-order chi connectivity index (χ1) is 15.2. The van der Waals surface area contributed by atoms with Gasteiger partial charge in [0, 0.05) is 12.7 Å². The molecule has 0 fully saturated rings. The number of aromatic nitrogens is 3. The van der Waals surface area contributed by atoms with Crippen LogP contribution in [-0.2, 0) is 27.4 Å². The molecule has 0 aliphatic carbocycles. The monoisotopic (exact) mass is 474 g/mol. The number of benzene rings is 2. The van der Waals surface area contributed by atoms with Crippen LogP contribution in [0, 0.1) is 0 Å². The van der Waals surface area contributed by atoms with Crippen LogP contribution in [-0.4, -0.2) is 45.4 Å². The first-order valence-electron chi connectivity index (χ1n) is 9.68. The number of carbonyl (C=O) groups is 2. The number of hydrogen-bond acceptors (Lipinski definition) is 7. The molecule has 1 aromatic heterocycles. The fourth-order valence-electron chi connectivity index (χ4n) is 2.82. The second-order valence-corrected chi connectivity index (χ2v) is 10.1. The van der Waals surface area contributed by atoms with E-state index in [9.17, 15) is 18.0 Å². The van der Waals surface area contributed by atoms with Gasteiger partial charge in [-0.05, 0) is 42.8 Å². The van der Waals surface area contributed by atoms with Crippen molar-refractivity contribution in [1.29, 1.82) is 0 Å². The van der Waals surface area contributed by atoms with Crippen LogP contribution < -0.4 is 5.32 Å². The van der Waals surface area contributed by atoms with E-state index in [1.165, 1.54) is 48.2 Å². The molecule has 11 heteroatoms. The normalized spacial score (nSPS) is 12.3. The summed E-state index contributed by atoms with van der Waals surface area (Å²) in [5, 5.41) is 19.7. The smallest absolute Gasteiger partial charge is 0.335 e. The lowest BCUT2D eigenvalue weighted by Crippen LogP contribution is -2.25. The van der Waals surface area contributed by atoms with Gasteiger partial charge in [0.25, 0.3) is 0 Å². The lowest BCUT2D eigenvalue weighted by molar-refractivity contribution is -0.115. The Hall–Kier alpha value is -3.18. The average Bonchev–Trinajstić information content (AvgIpc) is 3.11. The van der Waals surface area contributed by atoms with E-state index in [4.69, 9.17) is 5.11 Å². The molecule has 1 unspecified atom stereocenters. The average molecular weight is 475 g/mol. The summed E-state index contributed by atoms with van der Waals surface area (Å²) in [5.41, 5.74) is 0.605. The Bertz CT molecular complexity index is 1210. The fourth-order valence-corrected chi connectivity index (χ4v) is 5.09. The van der Waals surface area contributed by atoms with Gasteiger partial charge in [-0.15, -0.1) is 10.2 Å². The zero-order valence-corrected chi connectivity index (χ0v) is 19.1. The maximum atomic E-state index is 12.7. The van der Waals surface area contributed by atoms with E-state index in [-0.39, 0.29) is 27.9 Å². The first-order valence-corrected chi connectivity index (χ1v) is 12.2. The molecular weight excluding hydrogens is 452 g/mol. The molecule has 0 radical (unpaired) electrons. The van der Waals surface area contributed by atoms with E-state index in [0.717, 1.165) is 0 Å². The molecule has 9 nitrogen and oxygen atoms in total. The Morgan fingerprint density at radius 2 is 1.75 bits per heavy atom. The number of carboxylic acid groups (broad SMARTS) is 1. The number of thioether (sulfide) groups is 1. The van der Waals surface area contributed by atoms with E-state index >= 15 is 0 Å². The number of rotatable bonds is 9. The van der Waals surface area contributed by atoms with Gasteiger partial charge in [0.05, 0.1) is 15.7 Å². The van der Waals surface area contributed by atoms with Crippen molar-refractivity contribution in [3.05, 3.63) is 66.0 Å². The van der Waals surface area contributed by atoms with Gasteiger partial charge in [0.15, 0.2) is 15.0 Å². The van der Waals surface area contributed by atoms with E-state index in [1.54, 1.807) is 29.8 Å². The molecule has 1 heterocycles. The van der Waals surface area contributed by atoms with E-state index in [2.05, 4.69) is 15.5 Å².